The second-order valence-electron chi connectivity index (χ2n) is 4.26. The standard InChI is InChI=1S/C9H9N9S/c10-8-12-6-5(3-11-14-6)7(13-8)19-9-15-16-17-18(9)4-1-2-4/h3-4H,1-2H2,(H3,10,11,12,13,14). The van der Waals surface area contributed by atoms with Gasteiger partial charge in [0.1, 0.15) is 5.03 Å². The Morgan fingerprint density at radius 1 is 1.37 bits per heavy atom. The number of nitrogen functional groups attached to an aromatic ring is 1. The molecule has 10 heteroatoms. The first kappa shape index (κ1) is 10.7. The molecule has 0 atom stereocenters. The van der Waals surface area contributed by atoms with Crippen LogP contribution in [-0.2, 0) is 0 Å². The van der Waals surface area contributed by atoms with Crippen molar-refractivity contribution in [2.24, 2.45) is 0 Å². The zero-order valence-corrected chi connectivity index (χ0v) is 10.5. The van der Waals surface area contributed by atoms with E-state index in [1.165, 1.54) is 11.8 Å². The summed E-state index contributed by atoms with van der Waals surface area (Å²) >= 11 is 1.37. The van der Waals surface area contributed by atoms with Crippen molar-refractivity contribution in [2.75, 3.05) is 5.73 Å². The molecular weight excluding hydrogens is 266 g/mol. The lowest BCUT2D eigenvalue weighted by molar-refractivity contribution is 0.565. The Balaban J connectivity index is 1.78. The number of hydrogen-bond donors (Lipinski definition) is 2. The molecule has 0 aliphatic heterocycles. The molecule has 3 aromatic rings. The summed E-state index contributed by atoms with van der Waals surface area (Å²) in [6.07, 6.45) is 3.90. The minimum atomic E-state index is 0.199. The summed E-state index contributed by atoms with van der Waals surface area (Å²) in [4.78, 5) is 8.30. The molecule has 1 aliphatic carbocycles. The first-order valence-electron chi connectivity index (χ1n) is 5.73. The summed E-state index contributed by atoms with van der Waals surface area (Å²) in [6, 6.07) is 0.413. The molecule has 96 valence electrons. The van der Waals surface area contributed by atoms with Crippen LogP contribution in [0.3, 0.4) is 0 Å². The van der Waals surface area contributed by atoms with Crippen LogP contribution in [-0.4, -0.2) is 40.4 Å². The van der Waals surface area contributed by atoms with Crippen LogP contribution >= 0.6 is 11.8 Å². The Morgan fingerprint density at radius 3 is 3.11 bits per heavy atom. The van der Waals surface area contributed by atoms with Gasteiger partial charge in [0.05, 0.1) is 17.6 Å². The van der Waals surface area contributed by atoms with E-state index < -0.39 is 0 Å². The van der Waals surface area contributed by atoms with Gasteiger partial charge >= 0.3 is 0 Å². The Hall–Kier alpha value is -2.23. The average molecular weight is 275 g/mol. The van der Waals surface area contributed by atoms with E-state index in [0.29, 0.717) is 21.9 Å². The molecule has 9 nitrogen and oxygen atoms in total. The van der Waals surface area contributed by atoms with Crippen LogP contribution in [0, 0.1) is 0 Å². The molecule has 3 aromatic heterocycles. The lowest BCUT2D eigenvalue weighted by Crippen LogP contribution is -2.00. The normalized spacial score (nSPS) is 15.2. The predicted octanol–water partition coefficient (Wildman–Crippen LogP) is 0.408. The van der Waals surface area contributed by atoms with Crippen molar-refractivity contribution < 1.29 is 0 Å². The summed E-state index contributed by atoms with van der Waals surface area (Å²) < 4.78 is 1.83. The Morgan fingerprint density at radius 2 is 2.26 bits per heavy atom. The fourth-order valence-electron chi connectivity index (χ4n) is 1.79. The third-order valence-electron chi connectivity index (χ3n) is 2.84. The molecule has 4 rings (SSSR count). The third kappa shape index (κ3) is 1.80. The maximum absolute atomic E-state index is 5.68. The molecule has 1 saturated carbocycles. The van der Waals surface area contributed by atoms with E-state index in [1.807, 2.05) is 4.68 Å². The lowest BCUT2D eigenvalue weighted by atomic mass is 10.4. The van der Waals surface area contributed by atoms with Gasteiger partial charge in [-0.1, -0.05) is 0 Å². The van der Waals surface area contributed by atoms with E-state index in [4.69, 9.17) is 5.73 Å². The maximum Gasteiger partial charge on any atom is 0.223 e. The number of nitrogens with one attached hydrogen (secondary N) is 1. The first-order valence-corrected chi connectivity index (χ1v) is 6.55. The zero-order valence-electron chi connectivity index (χ0n) is 9.69. The second kappa shape index (κ2) is 3.88. The number of anilines is 1. The molecule has 0 amide bonds. The van der Waals surface area contributed by atoms with Crippen LogP contribution in [0.5, 0.6) is 0 Å². The number of nitrogens with zero attached hydrogens (tertiary/aromatic N) is 7. The molecule has 1 fully saturated rings. The van der Waals surface area contributed by atoms with Crippen LogP contribution in [0.4, 0.5) is 5.95 Å². The average Bonchev–Trinajstić information content (AvgIpc) is 2.94. The van der Waals surface area contributed by atoms with Crippen molar-refractivity contribution in [1.82, 2.24) is 40.4 Å². The number of aromatic nitrogens is 8. The number of tetrazole rings is 1. The van der Waals surface area contributed by atoms with Gasteiger partial charge in [0.15, 0.2) is 5.65 Å². The SMILES string of the molecule is Nc1nc(Sc2nnnn2C2CC2)c2cn[nH]c2n1. The third-order valence-corrected chi connectivity index (χ3v) is 3.79. The van der Waals surface area contributed by atoms with Gasteiger partial charge < -0.3 is 5.73 Å². The van der Waals surface area contributed by atoms with Crippen LogP contribution in [0.15, 0.2) is 16.4 Å². The molecule has 1 aliphatic rings. The highest BCUT2D eigenvalue weighted by Crippen LogP contribution is 2.38. The van der Waals surface area contributed by atoms with E-state index >= 15 is 0 Å². The number of rotatable bonds is 3. The van der Waals surface area contributed by atoms with Gasteiger partial charge in [-0.05, 0) is 35.0 Å². The monoisotopic (exact) mass is 275 g/mol. The second-order valence-corrected chi connectivity index (χ2v) is 5.21. The quantitative estimate of drug-likeness (QED) is 0.658. The summed E-state index contributed by atoms with van der Waals surface area (Å²) in [5, 5.41) is 20.7. The Bertz CT molecular complexity index is 743. The van der Waals surface area contributed by atoms with Gasteiger partial charge in [0, 0.05) is 0 Å². The van der Waals surface area contributed by atoms with Crippen molar-refractivity contribution in [3.8, 4) is 0 Å². The fourth-order valence-corrected chi connectivity index (χ4v) is 2.72. The van der Waals surface area contributed by atoms with E-state index in [0.717, 1.165) is 18.2 Å². The number of H-pyrrole nitrogens is 1. The Kier molecular flexibility index (Phi) is 2.18. The highest BCUT2D eigenvalue weighted by atomic mass is 32.2. The van der Waals surface area contributed by atoms with Crippen LogP contribution in [0.25, 0.3) is 11.0 Å². The van der Waals surface area contributed by atoms with Crippen LogP contribution in [0.1, 0.15) is 18.9 Å². The van der Waals surface area contributed by atoms with Crippen molar-refractivity contribution >= 4 is 28.7 Å². The summed E-state index contributed by atoms with van der Waals surface area (Å²) in [5.41, 5.74) is 6.29. The summed E-state index contributed by atoms with van der Waals surface area (Å²) in [7, 11) is 0. The first-order chi connectivity index (χ1) is 9.31. The van der Waals surface area contributed by atoms with E-state index in [9.17, 15) is 0 Å². The number of fused-ring (bicyclic) bond motifs is 1. The zero-order chi connectivity index (χ0) is 12.8. The van der Waals surface area contributed by atoms with Gasteiger partial charge in [0.2, 0.25) is 11.1 Å². The van der Waals surface area contributed by atoms with Gasteiger partial charge in [-0.25, -0.2) is 9.67 Å². The molecule has 3 N–H and O–H groups in total. The van der Waals surface area contributed by atoms with Crippen molar-refractivity contribution in [1.29, 1.82) is 0 Å². The molecule has 19 heavy (non-hydrogen) atoms. The molecular formula is C9H9N9S. The Labute approximate surface area is 111 Å². The highest BCUT2D eigenvalue weighted by molar-refractivity contribution is 7.99. The van der Waals surface area contributed by atoms with Crippen LogP contribution in [0.2, 0.25) is 0 Å². The summed E-state index contributed by atoms with van der Waals surface area (Å²) in [6.45, 7) is 0. The molecule has 0 aromatic carbocycles. The molecule has 3 heterocycles. The van der Waals surface area contributed by atoms with Crippen LogP contribution < -0.4 is 5.73 Å². The van der Waals surface area contributed by atoms with Gasteiger partial charge in [-0.3, -0.25) is 5.10 Å². The number of aromatic amines is 1. The minimum absolute atomic E-state index is 0.199. The van der Waals surface area contributed by atoms with Crippen molar-refractivity contribution in [2.45, 2.75) is 29.1 Å². The molecule has 0 spiro atoms. The molecule has 0 saturated heterocycles. The highest BCUT2D eigenvalue weighted by Gasteiger charge is 2.28. The smallest absolute Gasteiger partial charge is 0.223 e. The topological polar surface area (TPSA) is 124 Å². The van der Waals surface area contributed by atoms with E-state index in [-0.39, 0.29) is 5.95 Å². The summed E-state index contributed by atoms with van der Waals surface area (Å²) in [5.74, 6) is 0.199. The van der Waals surface area contributed by atoms with E-state index in [2.05, 4.69) is 35.7 Å². The number of nitrogens with two attached hydrogens (primary N) is 1. The van der Waals surface area contributed by atoms with Gasteiger partial charge in [-0.15, -0.1) is 5.10 Å². The largest absolute Gasteiger partial charge is 0.368 e. The predicted molar refractivity (Wildman–Crippen MR) is 66.3 cm³/mol. The van der Waals surface area contributed by atoms with Gasteiger partial charge in [-0.2, -0.15) is 10.1 Å². The lowest BCUT2D eigenvalue weighted by Gasteiger charge is -2.03. The minimum Gasteiger partial charge on any atom is -0.368 e. The molecule has 0 bridgehead atoms. The maximum atomic E-state index is 5.68. The van der Waals surface area contributed by atoms with Crippen molar-refractivity contribution in [3.63, 3.8) is 0 Å². The fraction of sp³-hybridized carbons (Fsp3) is 0.333. The van der Waals surface area contributed by atoms with Crippen molar-refractivity contribution in [3.05, 3.63) is 6.20 Å². The number of hydrogen-bond acceptors (Lipinski definition) is 8. The van der Waals surface area contributed by atoms with E-state index in [1.54, 1.807) is 6.20 Å². The molecule has 0 radical (unpaired) electrons. The van der Waals surface area contributed by atoms with Gasteiger partial charge in [0.25, 0.3) is 0 Å². The molecule has 0 unspecified atom stereocenters.